The lowest BCUT2D eigenvalue weighted by molar-refractivity contribution is 0.414. The molecular formula is C19H16BrN3O2S. The zero-order chi connectivity index (χ0) is 18.1. The Labute approximate surface area is 162 Å². The fraction of sp³-hybridized carbons (Fsp3) is 0.158. The average molecular weight is 430 g/mol. The number of anilines is 1. The third-order valence-electron chi connectivity index (χ3n) is 4.16. The summed E-state index contributed by atoms with van der Waals surface area (Å²) in [6.07, 6.45) is 1.89. The predicted octanol–water partition coefficient (Wildman–Crippen LogP) is 2.56. The van der Waals surface area contributed by atoms with E-state index < -0.39 is 0 Å². The summed E-state index contributed by atoms with van der Waals surface area (Å²) in [7, 11) is 1.63. The molecule has 5 nitrogen and oxygen atoms in total. The maximum Gasteiger partial charge on any atom is 0.271 e. The van der Waals surface area contributed by atoms with Crippen molar-refractivity contribution < 1.29 is 4.74 Å². The number of aromatic nitrogens is 1. The number of methoxy groups -OCH3 is 1. The number of fused-ring (bicyclic) bond motifs is 1. The van der Waals surface area contributed by atoms with Crippen LogP contribution in [0.25, 0.3) is 6.08 Å². The van der Waals surface area contributed by atoms with Crippen molar-refractivity contribution in [3.8, 4) is 5.75 Å². The summed E-state index contributed by atoms with van der Waals surface area (Å²) in [5.41, 5.74) is 1.96. The Bertz CT molecular complexity index is 1120. The minimum absolute atomic E-state index is 0.0154. The van der Waals surface area contributed by atoms with Crippen LogP contribution in [0.3, 0.4) is 0 Å². The van der Waals surface area contributed by atoms with E-state index in [1.807, 2.05) is 54.6 Å². The van der Waals surface area contributed by atoms with Crippen molar-refractivity contribution >= 4 is 39.0 Å². The number of nitrogens with zero attached hydrogens (tertiary/aromatic N) is 3. The number of thiazole rings is 1. The molecule has 0 radical (unpaired) electrons. The highest BCUT2D eigenvalue weighted by atomic mass is 79.9. The van der Waals surface area contributed by atoms with Crippen molar-refractivity contribution in [3.63, 3.8) is 0 Å². The third kappa shape index (κ3) is 3.32. The second-order valence-corrected chi connectivity index (χ2v) is 7.79. The van der Waals surface area contributed by atoms with Gasteiger partial charge in [-0.1, -0.05) is 39.4 Å². The van der Waals surface area contributed by atoms with E-state index in [0.29, 0.717) is 17.9 Å². The smallest absolute Gasteiger partial charge is 0.271 e. The fourth-order valence-corrected chi connectivity index (χ4v) is 4.04. The van der Waals surface area contributed by atoms with E-state index in [9.17, 15) is 4.79 Å². The van der Waals surface area contributed by atoms with E-state index in [2.05, 4.69) is 25.8 Å². The van der Waals surface area contributed by atoms with Crippen molar-refractivity contribution in [1.29, 1.82) is 0 Å². The van der Waals surface area contributed by atoms with Crippen LogP contribution in [-0.4, -0.2) is 18.3 Å². The number of rotatable bonds is 3. The van der Waals surface area contributed by atoms with Crippen LogP contribution in [0.1, 0.15) is 5.56 Å². The second kappa shape index (κ2) is 7.09. The van der Waals surface area contributed by atoms with Gasteiger partial charge in [-0.2, -0.15) is 0 Å². The van der Waals surface area contributed by atoms with E-state index in [1.54, 1.807) is 11.7 Å². The van der Waals surface area contributed by atoms with Crippen molar-refractivity contribution in [3.05, 3.63) is 78.3 Å². The van der Waals surface area contributed by atoms with Gasteiger partial charge in [0, 0.05) is 10.2 Å². The minimum Gasteiger partial charge on any atom is -0.497 e. The number of benzene rings is 2. The molecule has 1 aliphatic rings. The van der Waals surface area contributed by atoms with Crippen LogP contribution in [0.2, 0.25) is 0 Å². The molecule has 2 heterocycles. The first-order chi connectivity index (χ1) is 12.6. The number of halogens is 1. The standard InChI is InChI=1S/C19H16BrN3O2S/c1-25-16-4-2-3-13(9-16)10-17-18(24)23-12-22(11-21-19(23)26-17)15-7-5-14(20)6-8-15/h2-10H,11-12H2,1H3/b17-10-. The molecule has 132 valence electrons. The van der Waals surface area contributed by atoms with E-state index >= 15 is 0 Å². The molecule has 3 aromatic rings. The first-order valence-corrected chi connectivity index (χ1v) is 9.65. The van der Waals surface area contributed by atoms with Crippen LogP contribution in [0, 0.1) is 0 Å². The van der Waals surface area contributed by atoms with Crippen LogP contribution in [0.4, 0.5) is 5.69 Å². The summed E-state index contributed by atoms with van der Waals surface area (Å²) in [4.78, 5) is 20.2. The summed E-state index contributed by atoms with van der Waals surface area (Å²) in [5.74, 6) is 0.770. The molecule has 4 rings (SSSR count). The van der Waals surface area contributed by atoms with Crippen LogP contribution >= 0.6 is 27.3 Å². The average Bonchev–Trinajstić information content (AvgIpc) is 2.98. The molecule has 0 spiro atoms. The molecule has 0 N–H and O–H groups in total. The maximum atomic E-state index is 12.8. The van der Waals surface area contributed by atoms with Crippen LogP contribution in [0.5, 0.6) is 5.75 Å². The maximum absolute atomic E-state index is 12.8. The molecule has 0 saturated carbocycles. The Balaban J connectivity index is 1.70. The number of hydrogen-bond donors (Lipinski definition) is 0. The lowest BCUT2D eigenvalue weighted by atomic mass is 10.2. The van der Waals surface area contributed by atoms with Gasteiger partial charge in [0.15, 0.2) is 4.80 Å². The van der Waals surface area contributed by atoms with Gasteiger partial charge in [-0.3, -0.25) is 9.36 Å². The predicted molar refractivity (Wildman–Crippen MR) is 107 cm³/mol. The Hall–Kier alpha value is -2.38. The lowest BCUT2D eigenvalue weighted by Crippen LogP contribution is -2.42. The van der Waals surface area contributed by atoms with Crippen molar-refractivity contribution in [2.75, 3.05) is 18.7 Å². The van der Waals surface area contributed by atoms with Gasteiger partial charge in [-0.25, -0.2) is 4.99 Å². The Morgan fingerprint density at radius 3 is 2.81 bits per heavy atom. The molecule has 0 fully saturated rings. The summed E-state index contributed by atoms with van der Waals surface area (Å²) in [6, 6.07) is 15.7. The summed E-state index contributed by atoms with van der Waals surface area (Å²) < 4.78 is 8.67. The van der Waals surface area contributed by atoms with Gasteiger partial charge >= 0.3 is 0 Å². The zero-order valence-electron chi connectivity index (χ0n) is 14.1. The first-order valence-electron chi connectivity index (χ1n) is 8.04. The van der Waals surface area contributed by atoms with Crippen molar-refractivity contribution in [2.24, 2.45) is 4.99 Å². The Morgan fingerprint density at radius 1 is 1.23 bits per heavy atom. The number of hydrogen-bond acceptors (Lipinski definition) is 5. The number of ether oxygens (including phenoxy) is 1. The molecule has 0 bridgehead atoms. The normalized spacial score (nSPS) is 14.1. The van der Waals surface area contributed by atoms with Gasteiger partial charge in [0.2, 0.25) is 0 Å². The highest BCUT2D eigenvalue weighted by Crippen LogP contribution is 2.19. The molecular weight excluding hydrogens is 414 g/mol. The lowest BCUT2D eigenvalue weighted by Gasteiger charge is -2.25. The van der Waals surface area contributed by atoms with Gasteiger partial charge in [0.25, 0.3) is 5.56 Å². The second-order valence-electron chi connectivity index (χ2n) is 5.86. The van der Waals surface area contributed by atoms with Crippen LogP contribution in [0.15, 0.2) is 62.8 Å². The van der Waals surface area contributed by atoms with Gasteiger partial charge in [0.05, 0.1) is 11.6 Å². The van der Waals surface area contributed by atoms with Crippen LogP contribution in [-0.2, 0) is 6.67 Å². The van der Waals surface area contributed by atoms with Gasteiger partial charge in [0.1, 0.15) is 19.1 Å². The minimum atomic E-state index is -0.0154. The molecule has 1 aromatic heterocycles. The first kappa shape index (κ1) is 17.1. The van der Waals surface area contributed by atoms with E-state index in [0.717, 1.165) is 26.3 Å². The van der Waals surface area contributed by atoms with Crippen molar-refractivity contribution in [2.45, 2.75) is 6.67 Å². The third-order valence-corrected chi connectivity index (χ3v) is 5.73. The molecule has 26 heavy (non-hydrogen) atoms. The molecule has 0 aliphatic carbocycles. The van der Waals surface area contributed by atoms with Gasteiger partial charge in [-0.15, -0.1) is 0 Å². The summed E-state index contributed by atoms with van der Waals surface area (Å²) in [6.45, 7) is 1.04. The largest absolute Gasteiger partial charge is 0.497 e. The van der Waals surface area contributed by atoms with Gasteiger partial charge < -0.3 is 9.64 Å². The molecule has 7 heteroatoms. The highest BCUT2D eigenvalue weighted by molar-refractivity contribution is 9.10. The van der Waals surface area contributed by atoms with E-state index in [1.165, 1.54) is 11.3 Å². The molecule has 0 amide bonds. The highest BCUT2D eigenvalue weighted by Gasteiger charge is 2.15. The SMILES string of the molecule is COc1cccc(/C=c2\sc3n(c2=O)CN(c2ccc(Br)cc2)CN=3)c1. The molecule has 1 aliphatic heterocycles. The Kier molecular flexibility index (Phi) is 4.65. The molecule has 2 aromatic carbocycles. The van der Waals surface area contributed by atoms with Crippen LogP contribution < -0.4 is 24.5 Å². The van der Waals surface area contributed by atoms with Gasteiger partial charge in [-0.05, 0) is 48.0 Å². The van der Waals surface area contributed by atoms with E-state index in [4.69, 9.17) is 4.74 Å². The van der Waals surface area contributed by atoms with E-state index in [-0.39, 0.29) is 5.56 Å². The molecule has 0 atom stereocenters. The Morgan fingerprint density at radius 2 is 2.04 bits per heavy atom. The zero-order valence-corrected chi connectivity index (χ0v) is 16.5. The summed E-state index contributed by atoms with van der Waals surface area (Å²) in [5, 5.41) is 0. The molecule has 0 unspecified atom stereocenters. The summed E-state index contributed by atoms with van der Waals surface area (Å²) >= 11 is 4.87. The molecule has 0 saturated heterocycles. The quantitative estimate of drug-likeness (QED) is 0.642. The topological polar surface area (TPSA) is 46.8 Å². The fourth-order valence-electron chi connectivity index (χ4n) is 2.81. The monoisotopic (exact) mass is 429 g/mol. The van der Waals surface area contributed by atoms with Crippen molar-refractivity contribution in [1.82, 2.24) is 4.57 Å².